The molecule has 6 heteroatoms. The standard InChI is InChI=1S/C5H13NO.C2H2O4/c1-4(2)5(3,6)7;3-1(4)2(5)6/h4,7H,6H2,1-3H3;(H,3,4)(H,5,6). The van der Waals surface area contributed by atoms with Gasteiger partial charge in [0.1, 0.15) is 5.72 Å². The van der Waals surface area contributed by atoms with Crippen molar-refractivity contribution < 1.29 is 24.9 Å². The van der Waals surface area contributed by atoms with Crippen molar-refractivity contribution in [3.05, 3.63) is 0 Å². The van der Waals surface area contributed by atoms with Gasteiger partial charge in [-0.15, -0.1) is 0 Å². The third-order valence-corrected chi connectivity index (χ3v) is 1.35. The van der Waals surface area contributed by atoms with Gasteiger partial charge in [-0.1, -0.05) is 13.8 Å². The second kappa shape index (κ2) is 5.50. The molecule has 0 saturated heterocycles. The van der Waals surface area contributed by atoms with Crippen LogP contribution in [0.3, 0.4) is 0 Å². The number of hydrogen-bond donors (Lipinski definition) is 4. The minimum atomic E-state index is -1.82. The molecule has 0 spiro atoms. The van der Waals surface area contributed by atoms with Crippen molar-refractivity contribution in [3.8, 4) is 0 Å². The molecule has 0 aliphatic rings. The summed E-state index contributed by atoms with van der Waals surface area (Å²) in [5.41, 5.74) is 4.23. The topological polar surface area (TPSA) is 121 Å². The van der Waals surface area contributed by atoms with E-state index in [0.29, 0.717) is 0 Å². The molecule has 0 aromatic carbocycles. The number of carbonyl (C=O) groups is 2. The van der Waals surface area contributed by atoms with E-state index in [1.807, 2.05) is 13.8 Å². The molecular weight excluding hydrogens is 178 g/mol. The van der Waals surface area contributed by atoms with Crippen LogP contribution in [0, 0.1) is 5.92 Å². The molecule has 78 valence electrons. The Kier molecular flexibility index (Phi) is 6.08. The van der Waals surface area contributed by atoms with E-state index in [1.54, 1.807) is 6.92 Å². The van der Waals surface area contributed by atoms with Crippen molar-refractivity contribution in [2.75, 3.05) is 0 Å². The van der Waals surface area contributed by atoms with E-state index < -0.39 is 17.7 Å². The SMILES string of the molecule is CC(C)C(C)(N)O.O=C(O)C(=O)O. The third-order valence-electron chi connectivity index (χ3n) is 1.35. The molecule has 0 saturated carbocycles. The molecular formula is C7H15NO5. The predicted molar refractivity (Wildman–Crippen MR) is 44.9 cm³/mol. The summed E-state index contributed by atoms with van der Waals surface area (Å²) in [5.74, 6) is -3.52. The molecule has 0 aromatic heterocycles. The summed E-state index contributed by atoms with van der Waals surface area (Å²) < 4.78 is 0. The lowest BCUT2D eigenvalue weighted by Crippen LogP contribution is -2.41. The predicted octanol–water partition coefficient (Wildman–Crippen LogP) is -0.535. The first-order valence-corrected chi connectivity index (χ1v) is 3.56. The van der Waals surface area contributed by atoms with E-state index in [4.69, 9.17) is 30.6 Å². The van der Waals surface area contributed by atoms with E-state index in [0.717, 1.165) is 0 Å². The largest absolute Gasteiger partial charge is 0.473 e. The van der Waals surface area contributed by atoms with E-state index in [-0.39, 0.29) is 5.92 Å². The van der Waals surface area contributed by atoms with Crippen LogP contribution in [-0.4, -0.2) is 33.0 Å². The van der Waals surface area contributed by atoms with Gasteiger partial charge in [0.2, 0.25) is 0 Å². The Morgan fingerprint density at radius 3 is 1.38 bits per heavy atom. The van der Waals surface area contributed by atoms with Crippen LogP contribution in [0.4, 0.5) is 0 Å². The average Bonchev–Trinajstić information content (AvgIpc) is 1.86. The van der Waals surface area contributed by atoms with Gasteiger partial charge in [0, 0.05) is 0 Å². The Hall–Kier alpha value is -1.14. The number of aliphatic carboxylic acids is 2. The van der Waals surface area contributed by atoms with Crippen LogP contribution >= 0.6 is 0 Å². The van der Waals surface area contributed by atoms with Gasteiger partial charge in [-0.3, -0.25) is 0 Å². The summed E-state index contributed by atoms with van der Waals surface area (Å²) in [5, 5.41) is 23.7. The van der Waals surface area contributed by atoms with Crippen LogP contribution in [0.25, 0.3) is 0 Å². The van der Waals surface area contributed by atoms with Crippen LogP contribution in [0.1, 0.15) is 20.8 Å². The highest BCUT2D eigenvalue weighted by Gasteiger charge is 2.16. The van der Waals surface area contributed by atoms with Crippen molar-refractivity contribution in [2.45, 2.75) is 26.5 Å². The molecule has 13 heavy (non-hydrogen) atoms. The van der Waals surface area contributed by atoms with Gasteiger partial charge in [-0.05, 0) is 12.8 Å². The molecule has 1 unspecified atom stereocenters. The van der Waals surface area contributed by atoms with Crippen LogP contribution in [0.5, 0.6) is 0 Å². The van der Waals surface area contributed by atoms with E-state index in [2.05, 4.69) is 0 Å². The van der Waals surface area contributed by atoms with Crippen molar-refractivity contribution in [3.63, 3.8) is 0 Å². The molecule has 0 bridgehead atoms. The number of carboxylic acids is 2. The summed E-state index contributed by atoms with van der Waals surface area (Å²) in [6.45, 7) is 5.34. The zero-order valence-electron chi connectivity index (χ0n) is 7.81. The van der Waals surface area contributed by atoms with Crippen molar-refractivity contribution in [2.24, 2.45) is 11.7 Å². The quantitative estimate of drug-likeness (QED) is 0.328. The molecule has 0 radical (unpaired) electrons. The molecule has 0 amide bonds. The molecule has 6 nitrogen and oxygen atoms in total. The molecule has 0 rings (SSSR count). The molecule has 0 aliphatic heterocycles. The minimum Gasteiger partial charge on any atom is -0.473 e. The van der Waals surface area contributed by atoms with E-state index in [1.165, 1.54) is 0 Å². The van der Waals surface area contributed by atoms with Gasteiger partial charge < -0.3 is 21.1 Å². The maximum atomic E-state index is 9.10. The molecule has 0 aliphatic carbocycles. The molecule has 1 atom stereocenters. The lowest BCUT2D eigenvalue weighted by Gasteiger charge is -2.20. The van der Waals surface area contributed by atoms with Crippen molar-refractivity contribution >= 4 is 11.9 Å². The number of nitrogens with two attached hydrogens (primary N) is 1. The van der Waals surface area contributed by atoms with Crippen LogP contribution in [0.2, 0.25) is 0 Å². The summed E-state index contributed by atoms with van der Waals surface area (Å²) in [6, 6.07) is 0. The Morgan fingerprint density at radius 1 is 1.23 bits per heavy atom. The van der Waals surface area contributed by atoms with E-state index in [9.17, 15) is 0 Å². The smallest absolute Gasteiger partial charge is 0.414 e. The lowest BCUT2D eigenvalue weighted by molar-refractivity contribution is -0.159. The Bertz CT molecular complexity index is 170. The Labute approximate surface area is 76.0 Å². The first kappa shape index (κ1) is 14.4. The van der Waals surface area contributed by atoms with Crippen molar-refractivity contribution in [1.29, 1.82) is 0 Å². The number of carboxylic acid groups (broad SMARTS) is 2. The zero-order valence-corrected chi connectivity index (χ0v) is 7.81. The second-order valence-electron chi connectivity index (χ2n) is 2.99. The zero-order chi connectivity index (χ0) is 11.2. The third kappa shape index (κ3) is 10.9. The van der Waals surface area contributed by atoms with Crippen LogP contribution in [0.15, 0.2) is 0 Å². The first-order valence-electron chi connectivity index (χ1n) is 3.56. The maximum absolute atomic E-state index is 9.10. The van der Waals surface area contributed by atoms with Gasteiger partial charge in [0.25, 0.3) is 0 Å². The number of rotatable bonds is 1. The highest BCUT2D eigenvalue weighted by molar-refractivity contribution is 6.27. The van der Waals surface area contributed by atoms with Gasteiger partial charge in [-0.2, -0.15) is 0 Å². The molecule has 0 aromatic rings. The fourth-order valence-corrected chi connectivity index (χ4v) is 0. The molecule has 5 N–H and O–H groups in total. The van der Waals surface area contributed by atoms with Gasteiger partial charge in [0.05, 0.1) is 0 Å². The van der Waals surface area contributed by atoms with Gasteiger partial charge >= 0.3 is 11.9 Å². The molecule has 0 heterocycles. The summed E-state index contributed by atoms with van der Waals surface area (Å²) in [4.78, 5) is 18.2. The normalized spacial score (nSPS) is 14.0. The average molecular weight is 193 g/mol. The summed E-state index contributed by atoms with van der Waals surface area (Å²) in [7, 11) is 0. The number of aliphatic hydroxyl groups is 1. The fraction of sp³-hybridized carbons (Fsp3) is 0.714. The van der Waals surface area contributed by atoms with Crippen LogP contribution < -0.4 is 5.73 Å². The Balaban J connectivity index is 0. The van der Waals surface area contributed by atoms with Crippen LogP contribution in [-0.2, 0) is 9.59 Å². The van der Waals surface area contributed by atoms with Crippen molar-refractivity contribution in [1.82, 2.24) is 0 Å². The first-order chi connectivity index (χ1) is 5.59. The summed E-state index contributed by atoms with van der Waals surface area (Å²) >= 11 is 0. The number of hydrogen-bond acceptors (Lipinski definition) is 4. The summed E-state index contributed by atoms with van der Waals surface area (Å²) in [6.07, 6.45) is 0. The molecule has 0 fully saturated rings. The lowest BCUT2D eigenvalue weighted by atomic mass is 10.0. The minimum absolute atomic E-state index is 0.132. The van der Waals surface area contributed by atoms with Gasteiger partial charge in [-0.25, -0.2) is 9.59 Å². The Morgan fingerprint density at radius 2 is 1.38 bits per heavy atom. The maximum Gasteiger partial charge on any atom is 0.414 e. The highest BCUT2D eigenvalue weighted by Crippen LogP contribution is 2.06. The monoisotopic (exact) mass is 193 g/mol. The fourth-order valence-electron chi connectivity index (χ4n) is 0. The second-order valence-corrected chi connectivity index (χ2v) is 2.99. The van der Waals surface area contributed by atoms with E-state index >= 15 is 0 Å². The van der Waals surface area contributed by atoms with Gasteiger partial charge in [0.15, 0.2) is 0 Å². The highest BCUT2D eigenvalue weighted by atomic mass is 16.4.